The number of halogens is 14. The van der Waals surface area contributed by atoms with Gasteiger partial charge in [0.25, 0.3) is 5.69 Å². The van der Waals surface area contributed by atoms with Gasteiger partial charge in [0.05, 0.1) is 35.8 Å². The van der Waals surface area contributed by atoms with Crippen LogP contribution in [0.3, 0.4) is 0 Å². The highest BCUT2D eigenvalue weighted by molar-refractivity contribution is 7.99. The fraction of sp³-hybridized carbons (Fsp3) is 0.333. The first-order chi connectivity index (χ1) is 30.2. The van der Waals surface area contributed by atoms with Gasteiger partial charge in [0.15, 0.2) is 11.6 Å². The zero-order valence-electron chi connectivity index (χ0n) is 34.5. The number of carbonyl (C=O) groups is 4. The predicted molar refractivity (Wildman–Crippen MR) is 207 cm³/mol. The lowest BCUT2D eigenvalue weighted by Gasteiger charge is -2.30. The number of alkyl halides is 14. The summed E-state index contributed by atoms with van der Waals surface area (Å²) in [6.45, 7) is 5.19. The average molecular weight is 978 g/mol. The highest BCUT2D eigenvalue weighted by Crippen LogP contribution is 2.55. The minimum Gasteiger partial charge on any atom is -0.465 e. The number of benzene rings is 4. The molecule has 4 rings (SSSR count). The standard InChI is InChI=1S/C22H19F7O3S.C20H14F7NO5/c1-4-33-18-9-12(2)5-8-15(18)17(30)10-13-6-7-14(11-16(13)19(31)32-3)20(23,21(24,25)26)22(27,28)29;1-10-3-6-13(15(7-10)28(31)32)16(29)8-11-4-5-12(9-14(11)17(30)33-2)18(21,19(22,23)24)20(25,26)27/h5-9,11H,4,10H2,1-3H3;3-7,9H,8H2,1-2H3. The Labute approximate surface area is 368 Å². The van der Waals surface area contributed by atoms with Crippen molar-refractivity contribution in [1.29, 1.82) is 0 Å². The molecule has 0 bridgehead atoms. The van der Waals surface area contributed by atoms with Crippen LogP contribution < -0.4 is 0 Å². The normalized spacial score (nSPS) is 12.5. The molecule has 0 N–H and O–H groups in total. The quantitative estimate of drug-likeness (QED) is 0.0321. The lowest BCUT2D eigenvalue weighted by Crippen LogP contribution is -2.50. The third-order valence-electron chi connectivity index (χ3n) is 9.48. The number of nitro benzene ring substituents is 1. The van der Waals surface area contributed by atoms with Gasteiger partial charge in [-0.15, -0.1) is 11.8 Å². The fourth-order valence-electron chi connectivity index (χ4n) is 6.17. The molecule has 0 saturated heterocycles. The van der Waals surface area contributed by atoms with Gasteiger partial charge in [-0.25, -0.2) is 18.4 Å². The van der Waals surface area contributed by atoms with Crippen LogP contribution in [-0.4, -0.2) is 73.1 Å². The van der Waals surface area contributed by atoms with Gasteiger partial charge in [0.1, 0.15) is 0 Å². The van der Waals surface area contributed by atoms with E-state index in [0.29, 0.717) is 28.3 Å². The summed E-state index contributed by atoms with van der Waals surface area (Å²) >= 11 is 1.37. The fourth-order valence-corrected chi connectivity index (χ4v) is 7.08. The molecule has 0 saturated carbocycles. The Balaban J connectivity index is 0.000000350. The van der Waals surface area contributed by atoms with E-state index in [2.05, 4.69) is 9.47 Å². The highest BCUT2D eigenvalue weighted by atomic mass is 32.2. The number of thioether (sulfide) groups is 1. The molecule has 66 heavy (non-hydrogen) atoms. The summed E-state index contributed by atoms with van der Waals surface area (Å²) in [5, 5.41) is 11.2. The highest BCUT2D eigenvalue weighted by Gasteiger charge is 2.74. The molecule has 0 spiro atoms. The van der Waals surface area contributed by atoms with Crippen LogP contribution >= 0.6 is 11.8 Å². The van der Waals surface area contributed by atoms with Gasteiger partial charge in [0, 0.05) is 40.5 Å². The van der Waals surface area contributed by atoms with E-state index in [1.54, 1.807) is 18.2 Å². The van der Waals surface area contributed by atoms with Crippen molar-refractivity contribution in [1.82, 2.24) is 0 Å². The van der Waals surface area contributed by atoms with E-state index in [9.17, 15) is 90.8 Å². The number of aryl methyl sites for hydroxylation is 2. The Morgan fingerprint density at radius 3 is 1.26 bits per heavy atom. The molecule has 358 valence electrons. The zero-order valence-corrected chi connectivity index (χ0v) is 35.3. The van der Waals surface area contributed by atoms with E-state index < -0.39 is 116 Å². The Kier molecular flexibility index (Phi) is 16.6. The molecular weight excluding hydrogens is 944 g/mol. The number of ketones is 2. The van der Waals surface area contributed by atoms with Gasteiger partial charge >= 0.3 is 48.0 Å². The molecule has 0 atom stereocenters. The van der Waals surface area contributed by atoms with Crippen LogP contribution in [0.4, 0.5) is 67.2 Å². The van der Waals surface area contributed by atoms with Crippen LogP contribution in [0.25, 0.3) is 0 Å². The van der Waals surface area contributed by atoms with E-state index >= 15 is 0 Å². The minimum absolute atomic E-state index is 0.00101. The van der Waals surface area contributed by atoms with Crippen LogP contribution in [0, 0.1) is 24.0 Å². The SMILES string of the molecule is CCSc1cc(C)ccc1C(=O)Cc1ccc(C(F)(C(F)(F)F)C(F)(F)F)cc1C(=O)OC.COC(=O)c1cc(C(F)(C(F)(F)F)C(F)(F)F)ccc1CC(=O)c1ccc(C)cc1[N+](=O)[O-]. The summed E-state index contributed by atoms with van der Waals surface area (Å²) in [6, 6.07) is 10.3. The number of rotatable bonds is 13. The van der Waals surface area contributed by atoms with Crippen LogP contribution in [0.2, 0.25) is 0 Å². The monoisotopic (exact) mass is 977 g/mol. The molecule has 4 aromatic rings. The number of ether oxygens (including phenoxy) is 2. The molecule has 0 aliphatic carbocycles. The molecule has 0 heterocycles. The van der Waals surface area contributed by atoms with E-state index in [1.165, 1.54) is 24.8 Å². The van der Waals surface area contributed by atoms with Gasteiger partial charge < -0.3 is 9.47 Å². The van der Waals surface area contributed by atoms with Gasteiger partial charge in [-0.05, 0) is 66.1 Å². The zero-order chi connectivity index (χ0) is 50.5. The first-order valence-electron chi connectivity index (χ1n) is 18.3. The Morgan fingerprint density at radius 1 is 0.545 bits per heavy atom. The van der Waals surface area contributed by atoms with Crippen molar-refractivity contribution < 1.29 is 95.0 Å². The van der Waals surface area contributed by atoms with Gasteiger partial charge in [-0.1, -0.05) is 49.4 Å². The van der Waals surface area contributed by atoms with Crippen LogP contribution in [0.15, 0.2) is 77.7 Å². The number of hydrogen-bond acceptors (Lipinski definition) is 9. The largest absolute Gasteiger partial charge is 0.465 e. The number of nitrogens with zero attached hydrogens (tertiary/aromatic N) is 1. The van der Waals surface area contributed by atoms with Crippen LogP contribution in [0.1, 0.15) is 81.7 Å². The number of nitro groups is 1. The smallest absolute Gasteiger partial charge is 0.435 e. The van der Waals surface area contributed by atoms with Crippen molar-refractivity contribution in [3.63, 3.8) is 0 Å². The molecule has 0 aromatic heterocycles. The minimum atomic E-state index is -6.42. The maximum Gasteiger partial charge on any atom is 0.435 e. The number of hydrogen-bond donors (Lipinski definition) is 0. The first-order valence-corrected chi connectivity index (χ1v) is 19.3. The van der Waals surface area contributed by atoms with Crippen molar-refractivity contribution in [3.05, 3.63) is 139 Å². The van der Waals surface area contributed by atoms with Crippen molar-refractivity contribution in [2.24, 2.45) is 0 Å². The van der Waals surface area contributed by atoms with Gasteiger partial charge in [-0.2, -0.15) is 52.7 Å². The third kappa shape index (κ3) is 11.3. The maximum atomic E-state index is 14.4. The summed E-state index contributed by atoms with van der Waals surface area (Å²) in [7, 11) is 1.62. The summed E-state index contributed by atoms with van der Waals surface area (Å²) in [6.07, 6.45) is -26.9. The number of carbonyl (C=O) groups excluding carboxylic acids is 4. The number of methoxy groups -OCH3 is 2. The second kappa shape index (κ2) is 20.2. The summed E-state index contributed by atoms with van der Waals surface area (Å²) in [4.78, 5) is 60.7. The molecule has 9 nitrogen and oxygen atoms in total. The Hall–Kier alpha value is -6.07. The molecule has 0 unspecified atom stereocenters. The van der Waals surface area contributed by atoms with E-state index in [1.807, 2.05) is 13.8 Å². The van der Waals surface area contributed by atoms with Crippen molar-refractivity contribution >= 4 is 41.0 Å². The second-order valence-corrected chi connectivity index (χ2v) is 15.3. The molecular formula is C42H33F14NO8S. The topological polar surface area (TPSA) is 130 Å². The summed E-state index contributed by atoms with van der Waals surface area (Å²) in [5.74, 6) is -3.60. The predicted octanol–water partition coefficient (Wildman–Crippen LogP) is 12.0. The molecule has 0 radical (unpaired) electrons. The Morgan fingerprint density at radius 2 is 0.909 bits per heavy atom. The van der Waals surface area contributed by atoms with Gasteiger partial charge in [-0.3, -0.25) is 19.7 Å². The second-order valence-electron chi connectivity index (χ2n) is 13.9. The lowest BCUT2D eigenvalue weighted by atomic mass is 9.89. The van der Waals surface area contributed by atoms with Crippen LogP contribution in [-0.2, 0) is 33.7 Å². The van der Waals surface area contributed by atoms with Gasteiger partial charge in [0.2, 0.25) is 0 Å². The first kappa shape index (κ1) is 54.3. The van der Waals surface area contributed by atoms with E-state index in [-0.39, 0.29) is 35.4 Å². The van der Waals surface area contributed by atoms with Crippen molar-refractivity contribution in [2.75, 3.05) is 20.0 Å². The van der Waals surface area contributed by atoms with Crippen molar-refractivity contribution in [2.45, 2.75) is 74.6 Å². The number of esters is 2. The van der Waals surface area contributed by atoms with Crippen molar-refractivity contribution in [3.8, 4) is 0 Å². The van der Waals surface area contributed by atoms with Crippen LogP contribution in [0.5, 0.6) is 0 Å². The third-order valence-corrected chi connectivity index (χ3v) is 10.4. The van der Waals surface area contributed by atoms with E-state index in [4.69, 9.17) is 0 Å². The summed E-state index contributed by atoms with van der Waals surface area (Å²) in [5.41, 5.74) is -17.0. The molecule has 24 heteroatoms. The van der Waals surface area contributed by atoms with E-state index in [0.717, 1.165) is 31.9 Å². The molecule has 0 aliphatic heterocycles. The molecule has 0 fully saturated rings. The average Bonchev–Trinajstić information content (AvgIpc) is 3.21. The molecule has 0 amide bonds. The molecule has 0 aliphatic rings. The molecule has 4 aromatic carbocycles. The maximum absolute atomic E-state index is 14.4. The number of Topliss-reactive ketones (excluding diaryl/α,β-unsaturated/α-hetero) is 2. The lowest BCUT2D eigenvalue weighted by molar-refractivity contribution is -0.385. The Bertz CT molecular complexity index is 2470. The summed E-state index contributed by atoms with van der Waals surface area (Å²) < 4.78 is 195.